The summed E-state index contributed by atoms with van der Waals surface area (Å²) in [5.41, 5.74) is 1.94. The van der Waals surface area contributed by atoms with Crippen LogP contribution in [0.2, 0.25) is 0 Å². The molecular weight excluding hydrogens is 172 g/mol. The number of para-hydroxylation sites is 1. The van der Waals surface area contributed by atoms with E-state index in [1.807, 2.05) is 37.4 Å². The molecule has 0 amide bonds. The molecule has 0 fully saturated rings. The third kappa shape index (κ3) is 1.79. The largest absolute Gasteiger partial charge is 0.291 e. The zero-order chi connectivity index (χ0) is 9.80. The number of benzene rings is 1. The van der Waals surface area contributed by atoms with E-state index < -0.39 is 0 Å². The molecule has 0 spiro atoms. The van der Waals surface area contributed by atoms with Crippen LogP contribution in [0.4, 0.5) is 0 Å². The van der Waals surface area contributed by atoms with Crippen LogP contribution in [0, 0.1) is 0 Å². The highest BCUT2D eigenvalue weighted by molar-refractivity contribution is 5.84. The maximum Gasteiger partial charge on any atom is 0.0815 e. The number of fused-ring (bicyclic) bond motifs is 1. The second-order valence-corrected chi connectivity index (χ2v) is 3.06. The van der Waals surface area contributed by atoms with Crippen molar-refractivity contribution in [3.05, 3.63) is 42.1 Å². The number of nitrogens with zero attached hydrogens (tertiary/aromatic N) is 2. The van der Waals surface area contributed by atoms with Gasteiger partial charge in [0.05, 0.1) is 11.2 Å². The van der Waals surface area contributed by atoms with Gasteiger partial charge in [-0.05, 0) is 19.1 Å². The van der Waals surface area contributed by atoms with Crippen molar-refractivity contribution in [2.45, 2.75) is 6.92 Å². The van der Waals surface area contributed by atoms with Gasteiger partial charge in [-0.2, -0.15) is 0 Å². The van der Waals surface area contributed by atoms with Gasteiger partial charge in [0, 0.05) is 18.1 Å². The second kappa shape index (κ2) is 4.01. The van der Waals surface area contributed by atoms with Crippen LogP contribution < -0.4 is 0 Å². The average molecular weight is 184 g/mol. The first kappa shape index (κ1) is 8.88. The monoisotopic (exact) mass is 184 g/mol. The maximum atomic E-state index is 4.46. The lowest BCUT2D eigenvalue weighted by molar-refractivity contribution is 1.14. The van der Waals surface area contributed by atoms with Gasteiger partial charge < -0.3 is 0 Å². The van der Waals surface area contributed by atoms with Gasteiger partial charge in [0.2, 0.25) is 0 Å². The number of hydrogen-bond donors (Lipinski definition) is 0. The number of aliphatic imine (C=N–C) groups is 1. The number of aromatic nitrogens is 1. The van der Waals surface area contributed by atoms with E-state index >= 15 is 0 Å². The van der Waals surface area contributed by atoms with Crippen LogP contribution in [0.3, 0.4) is 0 Å². The summed E-state index contributed by atoms with van der Waals surface area (Å²) in [6.45, 7) is 2.81. The molecule has 0 aliphatic heterocycles. The predicted octanol–water partition coefficient (Wildman–Crippen LogP) is 2.67. The lowest BCUT2D eigenvalue weighted by Crippen LogP contribution is -1.88. The van der Waals surface area contributed by atoms with Gasteiger partial charge >= 0.3 is 0 Å². The molecule has 2 nitrogen and oxygen atoms in total. The van der Waals surface area contributed by atoms with E-state index in [1.54, 1.807) is 0 Å². The summed E-state index contributed by atoms with van der Waals surface area (Å²) < 4.78 is 0. The van der Waals surface area contributed by atoms with Gasteiger partial charge in [-0.25, -0.2) is 4.98 Å². The van der Waals surface area contributed by atoms with Crippen LogP contribution in [0.15, 0.2) is 41.4 Å². The van der Waals surface area contributed by atoms with E-state index in [-0.39, 0.29) is 0 Å². The molecule has 0 radical (unpaired) electrons. The minimum Gasteiger partial charge on any atom is -0.291 e. The van der Waals surface area contributed by atoms with Gasteiger partial charge in [0.1, 0.15) is 0 Å². The maximum absolute atomic E-state index is 4.46. The van der Waals surface area contributed by atoms with Crippen LogP contribution >= 0.6 is 0 Å². The van der Waals surface area contributed by atoms with Crippen molar-refractivity contribution in [3.8, 4) is 0 Å². The van der Waals surface area contributed by atoms with E-state index in [1.165, 1.54) is 5.39 Å². The Balaban J connectivity index is 2.46. The standard InChI is InChI=1S/C12H12N2/c1-2-13-9-11-8-7-10-5-3-4-6-12(10)14-11/h3-9H,2H2,1H3. The number of rotatable bonds is 2. The Bertz CT molecular complexity index is 461. The first-order valence-electron chi connectivity index (χ1n) is 4.76. The Morgan fingerprint density at radius 3 is 2.93 bits per heavy atom. The van der Waals surface area contributed by atoms with Crippen molar-refractivity contribution in [1.82, 2.24) is 4.98 Å². The lowest BCUT2D eigenvalue weighted by Gasteiger charge is -1.97. The Kier molecular flexibility index (Phi) is 2.54. The van der Waals surface area contributed by atoms with Gasteiger partial charge in [-0.3, -0.25) is 4.99 Å². The van der Waals surface area contributed by atoms with E-state index in [0.29, 0.717) is 0 Å². The minimum atomic E-state index is 0.800. The van der Waals surface area contributed by atoms with Crippen LogP contribution in [0.25, 0.3) is 10.9 Å². The molecule has 1 heterocycles. The minimum absolute atomic E-state index is 0.800. The van der Waals surface area contributed by atoms with E-state index in [9.17, 15) is 0 Å². The third-order valence-electron chi connectivity index (χ3n) is 2.03. The molecule has 0 saturated heterocycles. The van der Waals surface area contributed by atoms with Crippen molar-refractivity contribution in [1.29, 1.82) is 0 Å². The molecule has 0 unspecified atom stereocenters. The topological polar surface area (TPSA) is 25.2 Å². The number of hydrogen-bond acceptors (Lipinski definition) is 2. The highest BCUT2D eigenvalue weighted by Crippen LogP contribution is 2.10. The molecule has 1 aromatic heterocycles. The number of pyridine rings is 1. The Hall–Kier alpha value is -1.70. The highest BCUT2D eigenvalue weighted by Gasteiger charge is 1.93. The van der Waals surface area contributed by atoms with E-state index in [4.69, 9.17) is 0 Å². The van der Waals surface area contributed by atoms with Crippen molar-refractivity contribution >= 4 is 17.1 Å². The first-order chi connectivity index (χ1) is 6.90. The zero-order valence-electron chi connectivity index (χ0n) is 8.14. The summed E-state index contributed by atoms with van der Waals surface area (Å²) in [6, 6.07) is 12.1. The van der Waals surface area contributed by atoms with Gasteiger partial charge in [0.25, 0.3) is 0 Å². The lowest BCUT2D eigenvalue weighted by atomic mass is 10.2. The normalized spacial score (nSPS) is 11.2. The first-order valence-corrected chi connectivity index (χ1v) is 4.76. The van der Waals surface area contributed by atoms with Gasteiger partial charge in [0.15, 0.2) is 0 Å². The van der Waals surface area contributed by atoms with Crippen LogP contribution in [-0.2, 0) is 0 Å². The molecule has 0 saturated carbocycles. The molecule has 1 aromatic carbocycles. The van der Waals surface area contributed by atoms with Crippen LogP contribution in [0.5, 0.6) is 0 Å². The fourth-order valence-corrected chi connectivity index (χ4v) is 1.34. The molecule has 70 valence electrons. The third-order valence-corrected chi connectivity index (χ3v) is 2.03. The molecule has 0 aliphatic rings. The molecule has 0 bridgehead atoms. The van der Waals surface area contributed by atoms with E-state index in [0.717, 1.165) is 17.8 Å². The van der Waals surface area contributed by atoms with Crippen molar-refractivity contribution < 1.29 is 0 Å². The summed E-state index contributed by atoms with van der Waals surface area (Å²) >= 11 is 0. The molecule has 0 N–H and O–H groups in total. The SMILES string of the molecule is CCN=Cc1ccc2ccccc2n1. The molecule has 2 heteroatoms. The average Bonchev–Trinajstić information content (AvgIpc) is 2.26. The Morgan fingerprint density at radius 1 is 1.21 bits per heavy atom. The summed E-state index contributed by atoms with van der Waals surface area (Å²) in [4.78, 5) is 8.62. The quantitative estimate of drug-likeness (QED) is 0.659. The fourth-order valence-electron chi connectivity index (χ4n) is 1.34. The summed E-state index contributed by atoms with van der Waals surface area (Å²) in [5.74, 6) is 0. The predicted molar refractivity (Wildman–Crippen MR) is 59.9 cm³/mol. The molecular formula is C12H12N2. The fraction of sp³-hybridized carbons (Fsp3) is 0.167. The molecule has 14 heavy (non-hydrogen) atoms. The van der Waals surface area contributed by atoms with Crippen LogP contribution in [0.1, 0.15) is 12.6 Å². The smallest absolute Gasteiger partial charge is 0.0815 e. The molecule has 2 rings (SSSR count). The van der Waals surface area contributed by atoms with Crippen LogP contribution in [-0.4, -0.2) is 17.7 Å². The Morgan fingerprint density at radius 2 is 2.07 bits per heavy atom. The second-order valence-electron chi connectivity index (χ2n) is 3.06. The summed E-state index contributed by atoms with van der Waals surface area (Å²) in [6.07, 6.45) is 1.81. The van der Waals surface area contributed by atoms with Gasteiger partial charge in [-0.1, -0.05) is 24.3 Å². The van der Waals surface area contributed by atoms with Crippen molar-refractivity contribution in [2.24, 2.45) is 4.99 Å². The molecule has 2 aromatic rings. The van der Waals surface area contributed by atoms with E-state index in [2.05, 4.69) is 22.1 Å². The molecule has 0 atom stereocenters. The Labute approximate surface area is 83.3 Å². The zero-order valence-corrected chi connectivity index (χ0v) is 8.14. The molecule has 0 aliphatic carbocycles. The summed E-state index contributed by atoms with van der Waals surface area (Å²) in [7, 11) is 0. The van der Waals surface area contributed by atoms with Gasteiger partial charge in [-0.15, -0.1) is 0 Å². The summed E-state index contributed by atoms with van der Waals surface area (Å²) in [5, 5.41) is 1.17. The highest BCUT2D eigenvalue weighted by atomic mass is 14.8. The van der Waals surface area contributed by atoms with Crippen molar-refractivity contribution in [3.63, 3.8) is 0 Å². The van der Waals surface area contributed by atoms with Crippen molar-refractivity contribution in [2.75, 3.05) is 6.54 Å².